The van der Waals surface area contributed by atoms with Crippen LogP contribution in [-0.2, 0) is 30.4 Å². The molecule has 0 saturated heterocycles. The molecule has 1 aromatic carbocycles. The Morgan fingerprint density at radius 3 is 1.97 bits per heavy atom. The molecule has 1 rings (SSSR count). The predicted molar refractivity (Wildman–Crippen MR) is 131 cm³/mol. The Morgan fingerprint density at radius 1 is 0.917 bits per heavy atom. The number of aliphatic hydroxyl groups is 1. The number of carbonyl (C=O) groups is 5. The Kier molecular flexibility index (Phi) is 12.5. The highest BCUT2D eigenvalue weighted by Crippen LogP contribution is 2.10. The summed E-state index contributed by atoms with van der Waals surface area (Å²) in [5.74, 6) is -4.64. The van der Waals surface area contributed by atoms with E-state index in [1.165, 1.54) is 6.92 Å². The number of nitrogens with two attached hydrogens (primary N) is 2. The van der Waals surface area contributed by atoms with Crippen LogP contribution in [0.3, 0.4) is 0 Å². The first-order valence-corrected chi connectivity index (χ1v) is 11.8. The zero-order valence-electron chi connectivity index (χ0n) is 20.8. The number of hydrogen-bond donors (Lipinski definition) is 7. The first-order valence-electron chi connectivity index (χ1n) is 11.8. The highest BCUT2D eigenvalue weighted by atomic mass is 16.4. The lowest BCUT2D eigenvalue weighted by atomic mass is 9.98. The van der Waals surface area contributed by atoms with Crippen LogP contribution >= 0.6 is 0 Å². The topological polar surface area (TPSA) is 214 Å². The molecule has 0 aliphatic heterocycles. The molecule has 36 heavy (non-hydrogen) atoms. The molecule has 0 aliphatic rings. The largest absolute Gasteiger partial charge is 0.480 e. The van der Waals surface area contributed by atoms with Crippen LogP contribution in [-0.4, -0.2) is 70.1 Å². The summed E-state index contributed by atoms with van der Waals surface area (Å²) in [6.07, 6.45) is -1.08. The molecule has 1 aromatic rings. The minimum absolute atomic E-state index is 0.0366. The first-order chi connectivity index (χ1) is 16.9. The molecule has 0 aromatic heterocycles. The average molecular weight is 508 g/mol. The Balaban J connectivity index is 3.17. The van der Waals surface area contributed by atoms with Gasteiger partial charge in [-0.3, -0.25) is 19.2 Å². The Hall–Kier alpha value is -3.51. The highest BCUT2D eigenvalue weighted by Gasteiger charge is 2.32. The summed E-state index contributed by atoms with van der Waals surface area (Å²) >= 11 is 0. The van der Waals surface area contributed by atoms with Gasteiger partial charge in [0.25, 0.3) is 0 Å². The molecule has 0 saturated carbocycles. The maximum Gasteiger partial charge on any atom is 0.326 e. The van der Waals surface area contributed by atoms with E-state index in [9.17, 15) is 34.2 Å². The molecule has 4 amide bonds. The van der Waals surface area contributed by atoms with Gasteiger partial charge in [0, 0.05) is 12.8 Å². The number of carbonyl (C=O) groups excluding carboxylic acids is 4. The molecular formula is C24H37N5O7. The molecule has 9 N–H and O–H groups in total. The minimum Gasteiger partial charge on any atom is -0.480 e. The number of hydrogen-bond acceptors (Lipinski definition) is 7. The smallest absolute Gasteiger partial charge is 0.326 e. The van der Waals surface area contributed by atoms with Crippen LogP contribution in [0.15, 0.2) is 30.3 Å². The van der Waals surface area contributed by atoms with Crippen molar-refractivity contribution < 1.29 is 34.2 Å². The third-order valence-electron chi connectivity index (χ3n) is 5.83. The second kappa shape index (κ2) is 14.8. The van der Waals surface area contributed by atoms with E-state index >= 15 is 0 Å². The molecule has 0 radical (unpaired) electrons. The lowest BCUT2D eigenvalue weighted by molar-refractivity contribution is -0.143. The van der Waals surface area contributed by atoms with Gasteiger partial charge in [-0.1, -0.05) is 50.6 Å². The Labute approximate surface area is 210 Å². The maximum absolute atomic E-state index is 13.1. The number of rotatable bonds is 15. The van der Waals surface area contributed by atoms with Crippen molar-refractivity contribution in [3.63, 3.8) is 0 Å². The van der Waals surface area contributed by atoms with Gasteiger partial charge >= 0.3 is 5.97 Å². The number of benzene rings is 1. The zero-order valence-corrected chi connectivity index (χ0v) is 20.8. The molecule has 6 atom stereocenters. The second-order valence-corrected chi connectivity index (χ2v) is 8.79. The van der Waals surface area contributed by atoms with E-state index in [1.807, 2.05) is 0 Å². The fourth-order valence-electron chi connectivity index (χ4n) is 3.31. The van der Waals surface area contributed by atoms with Crippen molar-refractivity contribution in [3.8, 4) is 0 Å². The zero-order chi connectivity index (χ0) is 27.4. The summed E-state index contributed by atoms with van der Waals surface area (Å²) in [7, 11) is 0. The molecular weight excluding hydrogens is 470 g/mol. The van der Waals surface area contributed by atoms with Gasteiger partial charge in [-0.15, -0.1) is 0 Å². The summed E-state index contributed by atoms with van der Waals surface area (Å²) in [6.45, 7) is 4.78. The van der Waals surface area contributed by atoms with E-state index in [-0.39, 0.29) is 25.2 Å². The van der Waals surface area contributed by atoms with E-state index in [2.05, 4.69) is 16.0 Å². The van der Waals surface area contributed by atoms with Gasteiger partial charge in [0.2, 0.25) is 23.6 Å². The lowest BCUT2D eigenvalue weighted by Gasteiger charge is -2.27. The monoisotopic (exact) mass is 507 g/mol. The fourth-order valence-corrected chi connectivity index (χ4v) is 3.31. The summed E-state index contributed by atoms with van der Waals surface area (Å²) < 4.78 is 0. The number of nitrogens with one attached hydrogen (secondary N) is 3. The Bertz CT molecular complexity index is 909. The normalized spacial score (nSPS) is 15.9. The van der Waals surface area contributed by atoms with Gasteiger partial charge in [-0.2, -0.15) is 0 Å². The number of aliphatic carboxylic acids is 1. The van der Waals surface area contributed by atoms with Gasteiger partial charge in [0.15, 0.2) is 0 Å². The number of aliphatic hydroxyl groups excluding tert-OH is 1. The van der Waals surface area contributed by atoms with E-state index < -0.39 is 59.9 Å². The maximum atomic E-state index is 13.1. The fraction of sp³-hybridized carbons (Fsp3) is 0.542. The molecule has 200 valence electrons. The molecule has 6 unspecified atom stereocenters. The minimum atomic E-state index is -1.33. The molecule has 0 bridgehead atoms. The van der Waals surface area contributed by atoms with Crippen LogP contribution in [0.2, 0.25) is 0 Å². The molecule has 12 nitrogen and oxygen atoms in total. The van der Waals surface area contributed by atoms with Crippen LogP contribution in [0.25, 0.3) is 0 Å². The second-order valence-electron chi connectivity index (χ2n) is 8.79. The molecule has 0 fully saturated rings. The van der Waals surface area contributed by atoms with Crippen molar-refractivity contribution in [3.05, 3.63) is 35.9 Å². The number of amides is 4. The van der Waals surface area contributed by atoms with Gasteiger partial charge in [0.1, 0.15) is 24.2 Å². The first kappa shape index (κ1) is 30.5. The molecule has 0 heterocycles. The van der Waals surface area contributed by atoms with Crippen molar-refractivity contribution in [2.75, 3.05) is 0 Å². The van der Waals surface area contributed by atoms with Crippen molar-refractivity contribution >= 4 is 29.6 Å². The number of carboxylic acid groups (broad SMARTS) is 1. The van der Waals surface area contributed by atoms with Crippen molar-refractivity contribution in [2.45, 2.75) is 76.7 Å². The highest BCUT2D eigenvalue weighted by molar-refractivity contribution is 5.94. The van der Waals surface area contributed by atoms with Gasteiger partial charge in [0.05, 0.1) is 6.10 Å². The molecule has 0 spiro atoms. The lowest BCUT2D eigenvalue weighted by Crippen LogP contribution is -2.59. The Morgan fingerprint density at radius 2 is 1.47 bits per heavy atom. The van der Waals surface area contributed by atoms with Crippen molar-refractivity contribution in [1.82, 2.24) is 16.0 Å². The van der Waals surface area contributed by atoms with Crippen LogP contribution in [0.4, 0.5) is 0 Å². The summed E-state index contributed by atoms with van der Waals surface area (Å²) in [6, 6.07) is 3.78. The quantitative estimate of drug-likeness (QED) is 0.152. The van der Waals surface area contributed by atoms with Crippen LogP contribution < -0.4 is 27.4 Å². The number of carboxylic acids is 1. The molecule has 0 aliphatic carbocycles. The van der Waals surface area contributed by atoms with Gasteiger partial charge < -0.3 is 37.6 Å². The summed E-state index contributed by atoms with van der Waals surface area (Å²) in [5, 5.41) is 26.5. The predicted octanol–water partition coefficient (Wildman–Crippen LogP) is -1.21. The average Bonchev–Trinajstić information content (AvgIpc) is 2.83. The van der Waals surface area contributed by atoms with Crippen LogP contribution in [0.1, 0.15) is 45.6 Å². The van der Waals surface area contributed by atoms with Crippen molar-refractivity contribution in [2.24, 2.45) is 17.4 Å². The molecule has 12 heteroatoms. The third-order valence-corrected chi connectivity index (χ3v) is 5.83. The number of primary amides is 1. The van der Waals surface area contributed by atoms with Crippen molar-refractivity contribution in [1.29, 1.82) is 0 Å². The van der Waals surface area contributed by atoms with Gasteiger partial charge in [-0.25, -0.2) is 4.79 Å². The van der Waals surface area contributed by atoms with E-state index in [1.54, 1.807) is 44.2 Å². The van der Waals surface area contributed by atoms with E-state index in [0.717, 1.165) is 0 Å². The van der Waals surface area contributed by atoms with E-state index in [4.69, 9.17) is 11.5 Å². The van der Waals surface area contributed by atoms with Crippen LogP contribution in [0, 0.1) is 5.92 Å². The summed E-state index contributed by atoms with van der Waals surface area (Å²) in [5.41, 5.74) is 11.5. The third kappa shape index (κ3) is 10.0. The van der Waals surface area contributed by atoms with Gasteiger partial charge in [-0.05, 0) is 24.8 Å². The van der Waals surface area contributed by atoms with Crippen LogP contribution in [0.5, 0.6) is 0 Å². The standard InChI is InChI=1S/C24H37N5O7/c1-4-13(2)20(24(35)36)29-22(33)17(12-15-8-6-5-7-9-15)28-21(32)16(10-11-18(25)31)27-23(34)19(26)14(3)30/h5-9,13-14,16-17,19-20,30H,4,10-12,26H2,1-3H3,(H2,25,31)(H,27,34)(H,28,32)(H,29,33)(H,35,36). The SMILES string of the molecule is CCC(C)C(NC(=O)C(Cc1ccccc1)NC(=O)C(CCC(N)=O)NC(=O)C(N)C(C)O)C(=O)O. The summed E-state index contributed by atoms with van der Waals surface area (Å²) in [4.78, 5) is 61.6. The van der Waals surface area contributed by atoms with E-state index in [0.29, 0.717) is 12.0 Å².